The molecule has 61 heavy (non-hydrogen) atoms. The van der Waals surface area contributed by atoms with Gasteiger partial charge in [0.15, 0.2) is 6.10 Å². The number of hydrogen-bond donors (Lipinski definition) is 0. The lowest BCUT2D eigenvalue weighted by molar-refractivity contribution is -0.167. The van der Waals surface area contributed by atoms with E-state index in [1.807, 2.05) is 0 Å². The maximum absolute atomic E-state index is 12.8. The third-order valence-corrected chi connectivity index (χ3v) is 11.3. The maximum Gasteiger partial charge on any atom is 0.306 e. The monoisotopic (exact) mass is 855 g/mol. The first-order chi connectivity index (χ1) is 30.0. The fourth-order valence-corrected chi connectivity index (χ4v) is 7.27. The highest BCUT2D eigenvalue weighted by Crippen LogP contribution is 2.14. The molecule has 0 aromatic carbocycles. The molecule has 354 valence electrons. The number of carbonyl (C=O) groups is 3. The van der Waals surface area contributed by atoms with E-state index in [9.17, 15) is 14.4 Å². The molecule has 0 saturated carbocycles. The van der Waals surface area contributed by atoms with Crippen molar-refractivity contribution >= 4 is 17.9 Å². The Balaban J connectivity index is 4.36. The van der Waals surface area contributed by atoms with Crippen LogP contribution in [0.5, 0.6) is 0 Å². The average molecular weight is 855 g/mol. The van der Waals surface area contributed by atoms with Crippen LogP contribution in [0.1, 0.15) is 265 Å². The molecule has 0 aromatic heterocycles. The summed E-state index contributed by atoms with van der Waals surface area (Å²) in [4.78, 5) is 37.9. The van der Waals surface area contributed by atoms with Gasteiger partial charge in [-0.25, -0.2) is 0 Å². The largest absolute Gasteiger partial charge is 0.462 e. The topological polar surface area (TPSA) is 78.9 Å². The predicted octanol–water partition coefficient (Wildman–Crippen LogP) is 17.1. The minimum Gasteiger partial charge on any atom is -0.462 e. The van der Waals surface area contributed by atoms with E-state index >= 15 is 0 Å². The summed E-state index contributed by atoms with van der Waals surface area (Å²) in [6, 6.07) is 0. The number of carbonyl (C=O) groups excluding carboxylic acids is 3. The van der Waals surface area contributed by atoms with Gasteiger partial charge in [-0.15, -0.1) is 0 Å². The first kappa shape index (κ1) is 58.4. The van der Waals surface area contributed by atoms with Crippen LogP contribution in [0.3, 0.4) is 0 Å². The van der Waals surface area contributed by atoms with E-state index in [4.69, 9.17) is 14.2 Å². The van der Waals surface area contributed by atoms with Crippen LogP contribution in [0.15, 0.2) is 48.6 Å². The number of allylic oxidation sites excluding steroid dienone is 8. The van der Waals surface area contributed by atoms with Gasteiger partial charge in [0.2, 0.25) is 0 Å². The van der Waals surface area contributed by atoms with E-state index in [0.29, 0.717) is 19.3 Å². The van der Waals surface area contributed by atoms with Gasteiger partial charge in [-0.1, -0.05) is 198 Å². The van der Waals surface area contributed by atoms with Crippen molar-refractivity contribution in [3.8, 4) is 0 Å². The molecule has 0 bridgehead atoms. The normalized spacial score (nSPS) is 12.4. The Morgan fingerprint density at radius 3 is 1.00 bits per heavy atom. The second kappa shape index (κ2) is 50.0. The molecule has 6 heteroatoms. The molecule has 0 aromatic rings. The van der Waals surface area contributed by atoms with E-state index in [2.05, 4.69) is 69.4 Å². The quantitative estimate of drug-likeness (QED) is 0.0263. The van der Waals surface area contributed by atoms with Gasteiger partial charge in [-0.3, -0.25) is 14.4 Å². The lowest BCUT2D eigenvalue weighted by Crippen LogP contribution is -2.30. The molecule has 0 aliphatic rings. The van der Waals surface area contributed by atoms with Gasteiger partial charge in [0, 0.05) is 19.3 Å². The highest BCUT2D eigenvalue weighted by molar-refractivity contribution is 5.71. The van der Waals surface area contributed by atoms with Crippen molar-refractivity contribution in [3.05, 3.63) is 48.6 Å². The summed E-state index contributed by atoms with van der Waals surface area (Å²) in [5.41, 5.74) is 0. The number of esters is 3. The van der Waals surface area contributed by atoms with Gasteiger partial charge in [-0.05, 0) is 96.3 Å². The van der Waals surface area contributed by atoms with E-state index in [1.54, 1.807) is 0 Å². The van der Waals surface area contributed by atoms with Crippen LogP contribution in [0.2, 0.25) is 0 Å². The number of hydrogen-bond acceptors (Lipinski definition) is 6. The van der Waals surface area contributed by atoms with Crippen molar-refractivity contribution in [2.75, 3.05) is 13.2 Å². The third-order valence-electron chi connectivity index (χ3n) is 11.3. The smallest absolute Gasteiger partial charge is 0.306 e. The second-order valence-corrected chi connectivity index (χ2v) is 17.4. The van der Waals surface area contributed by atoms with Crippen LogP contribution in [-0.4, -0.2) is 37.2 Å². The average Bonchev–Trinajstić information content (AvgIpc) is 3.26. The minimum atomic E-state index is -0.783. The Morgan fingerprint density at radius 1 is 0.328 bits per heavy atom. The number of ether oxygens (including phenoxy) is 3. The van der Waals surface area contributed by atoms with Gasteiger partial charge in [-0.2, -0.15) is 0 Å². The van der Waals surface area contributed by atoms with Crippen molar-refractivity contribution < 1.29 is 28.6 Å². The molecule has 1 unspecified atom stereocenters. The SMILES string of the molecule is CCCC/C=C\CCCCCCC(=O)OCC(COC(=O)CCCCCCCCC/C=C\C/C=C\CCCCC)OC(=O)CCCCCCC/C=C\CCCCCCCCC. The molecule has 0 aliphatic heterocycles. The van der Waals surface area contributed by atoms with Crippen molar-refractivity contribution in [1.82, 2.24) is 0 Å². The van der Waals surface area contributed by atoms with Crippen LogP contribution in [0.25, 0.3) is 0 Å². The second-order valence-electron chi connectivity index (χ2n) is 17.4. The first-order valence-corrected chi connectivity index (χ1v) is 26.1. The van der Waals surface area contributed by atoms with Crippen LogP contribution in [0, 0.1) is 0 Å². The Morgan fingerprint density at radius 2 is 0.607 bits per heavy atom. The van der Waals surface area contributed by atoms with Crippen LogP contribution >= 0.6 is 0 Å². The van der Waals surface area contributed by atoms with Crippen LogP contribution < -0.4 is 0 Å². The summed E-state index contributed by atoms with van der Waals surface area (Å²) < 4.78 is 16.8. The minimum absolute atomic E-state index is 0.0835. The number of rotatable bonds is 47. The van der Waals surface area contributed by atoms with Gasteiger partial charge in [0.05, 0.1) is 0 Å². The van der Waals surface area contributed by atoms with E-state index in [-0.39, 0.29) is 31.1 Å². The molecule has 0 amide bonds. The zero-order valence-electron chi connectivity index (χ0n) is 40.4. The Bertz CT molecular complexity index is 1070. The van der Waals surface area contributed by atoms with E-state index < -0.39 is 6.10 Å². The lowest BCUT2D eigenvalue weighted by atomic mass is 10.1. The lowest BCUT2D eigenvalue weighted by Gasteiger charge is -2.18. The van der Waals surface area contributed by atoms with Crippen molar-refractivity contribution in [2.45, 2.75) is 271 Å². The summed E-state index contributed by atoms with van der Waals surface area (Å²) in [5, 5.41) is 0. The highest BCUT2D eigenvalue weighted by Gasteiger charge is 2.19. The number of unbranched alkanes of at least 4 members (excludes halogenated alkanes) is 28. The predicted molar refractivity (Wildman–Crippen MR) is 261 cm³/mol. The first-order valence-electron chi connectivity index (χ1n) is 26.1. The van der Waals surface area contributed by atoms with E-state index in [1.165, 1.54) is 122 Å². The molecule has 0 aliphatic carbocycles. The summed E-state index contributed by atoms with van der Waals surface area (Å²) in [7, 11) is 0. The summed E-state index contributed by atoms with van der Waals surface area (Å²) >= 11 is 0. The highest BCUT2D eigenvalue weighted by atomic mass is 16.6. The van der Waals surface area contributed by atoms with Crippen LogP contribution in [-0.2, 0) is 28.6 Å². The Kier molecular flexibility index (Phi) is 47.9. The zero-order chi connectivity index (χ0) is 44.4. The Labute approximate surface area is 378 Å². The molecule has 0 fully saturated rings. The fraction of sp³-hybridized carbons (Fsp3) is 0.800. The fourth-order valence-electron chi connectivity index (χ4n) is 7.27. The molecule has 0 spiro atoms. The van der Waals surface area contributed by atoms with Gasteiger partial charge in [0.25, 0.3) is 0 Å². The van der Waals surface area contributed by atoms with Gasteiger partial charge < -0.3 is 14.2 Å². The molecule has 6 nitrogen and oxygen atoms in total. The molecule has 0 saturated heterocycles. The van der Waals surface area contributed by atoms with E-state index in [0.717, 1.165) is 103 Å². The van der Waals surface area contributed by atoms with Gasteiger partial charge >= 0.3 is 17.9 Å². The van der Waals surface area contributed by atoms with Gasteiger partial charge in [0.1, 0.15) is 13.2 Å². The maximum atomic E-state index is 12.8. The standard InChI is InChI=1S/C55H98O6/c1-4-7-10-13-16-19-22-24-26-28-30-31-33-36-39-42-45-48-54(57)60-51-52(50-59-53(56)47-44-41-38-35-21-18-15-12-9-6-3)61-55(58)49-46-43-40-37-34-32-29-27-25-23-20-17-14-11-8-5-2/h15-16,18-19,24,26-27,29,52H,4-14,17,20-23,25,28,30-51H2,1-3H3/b18-15-,19-16-,26-24-,29-27-. The molecule has 1 atom stereocenters. The molecule has 0 heterocycles. The molecule has 0 radical (unpaired) electrons. The summed E-state index contributed by atoms with van der Waals surface area (Å²) in [5.74, 6) is -0.907. The zero-order valence-corrected chi connectivity index (χ0v) is 40.4. The molecule has 0 N–H and O–H groups in total. The third kappa shape index (κ3) is 48.3. The van der Waals surface area contributed by atoms with Crippen molar-refractivity contribution in [3.63, 3.8) is 0 Å². The summed E-state index contributed by atoms with van der Waals surface area (Å²) in [6.45, 7) is 6.55. The van der Waals surface area contributed by atoms with Crippen LogP contribution in [0.4, 0.5) is 0 Å². The molecule has 0 rings (SSSR count). The van der Waals surface area contributed by atoms with Crippen molar-refractivity contribution in [2.24, 2.45) is 0 Å². The summed E-state index contributed by atoms with van der Waals surface area (Å²) in [6.07, 6.45) is 59.5. The van der Waals surface area contributed by atoms with Crippen molar-refractivity contribution in [1.29, 1.82) is 0 Å². The molecular formula is C55H98O6. The Hall–Kier alpha value is -2.63. The molecular weight excluding hydrogens is 757 g/mol.